The highest BCUT2D eigenvalue weighted by Gasteiger charge is 2.72. The van der Waals surface area contributed by atoms with Crippen molar-refractivity contribution in [1.82, 2.24) is 0 Å². The van der Waals surface area contributed by atoms with Crippen LogP contribution in [0.25, 0.3) is 0 Å². The average molecular weight is 373 g/mol. The highest BCUT2D eigenvalue weighted by atomic mass is 28.4. The zero-order valence-corrected chi connectivity index (χ0v) is 18.7. The normalized spacial score (nSPS) is 57.6. The van der Waals surface area contributed by atoms with Crippen LogP contribution in [0.4, 0.5) is 0 Å². The van der Waals surface area contributed by atoms with Crippen molar-refractivity contribution in [3.05, 3.63) is 12.2 Å². The Morgan fingerprint density at radius 3 is 1.96 bits per heavy atom. The van der Waals surface area contributed by atoms with Crippen LogP contribution in [0.15, 0.2) is 12.2 Å². The van der Waals surface area contributed by atoms with E-state index in [0.717, 1.165) is 64.7 Å². The Labute approximate surface area is 156 Å². The van der Waals surface area contributed by atoms with Gasteiger partial charge in [0.05, 0.1) is 0 Å². The summed E-state index contributed by atoms with van der Waals surface area (Å²) in [6, 6.07) is 0. The summed E-state index contributed by atoms with van der Waals surface area (Å²) in [7, 11) is -2.97. The first-order valence-corrected chi connectivity index (χ1v) is 17.5. The van der Waals surface area contributed by atoms with Crippen molar-refractivity contribution in [3.63, 3.8) is 0 Å². The molecule has 138 valence electrons. The molecule has 11 atom stereocenters. The van der Waals surface area contributed by atoms with Crippen LogP contribution in [-0.2, 0) is 4.12 Å². The summed E-state index contributed by atoms with van der Waals surface area (Å²) in [6.07, 6.45) is 11.5. The predicted molar refractivity (Wildman–Crippen MR) is 108 cm³/mol. The van der Waals surface area contributed by atoms with Crippen molar-refractivity contribution in [2.75, 3.05) is 0 Å². The SMILES string of the molecule is C[Si](C)(C)O[Si](C)(C)C1CC2CC1C1C3CC(C4C5C=CC(C5)C34)C21. The van der Waals surface area contributed by atoms with E-state index in [0.29, 0.717) is 0 Å². The van der Waals surface area contributed by atoms with Gasteiger partial charge < -0.3 is 4.12 Å². The maximum absolute atomic E-state index is 6.89. The molecule has 0 saturated heterocycles. The quantitative estimate of drug-likeness (QED) is 0.347. The summed E-state index contributed by atoms with van der Waals surface area (Å²) in [5.74, 6) is 10.8. The van der Waals surface area contributed by atoms with Crippen LogP contribution in [0.2, 0.25) is 38.3 Å². The maximum atomic E-state index is 6.89. The van der Waals surface area contributed by atoms with Crippen LogP contribution in [0.3, 0.4) is 0 Å². The summed E-state index contributed by atoms with van der Waals surface area (Å²) in [5.41, 5.74) is 0.970. The number of fused-ring (bicyclic) bond motifs is 16. The Kier molecular flexibility index (Phi) is 3.06. The summed E-state index contributed by atoms with van der Waals surface area (Å²) in [5, 5.41) is 0. The first kappa shape index (κ1) is 16.1. The molecule has 0 heterocycles. The molecule has 1 nitrogen and oxygen atoms in total. The average Bonchev–Trinajstić information content (AvgIpc) is 3.27. The van der Waals surface area contributed by atoms with Crippen molar-refractivity contribution in [2.45, 2.75) is 64.0 Å². The van der Waals surface area contributed by atoms with Crippen molar-refractivity contribution in [2.24, 2.45) is 59.2 Å². The molecule has 0 aromatic rings. The van der Waals surface area contributed by atoms with Gasteiger partial charge >= 0.3 is 0 Å². The molecule has 0 radical (unpaired) electrons. The molecule has 6 bridgehead atoms. The fourth-order valence-corrected chi connectivity index (χ4v) is 19.1. The predicted octanol–water partition coefficient (Wildman–Crippen LogP) is 5.77. The van der Waals surface area contributed by atoms with E-state index in [4.69, 9.17) is 4.12 Å². The second kappa shape index (κ2) is 4.75. The molecule has 6 aliphatic carbocycles. The number of rotatable bonds is 3. The molecular formula is C22H36OSi2. The van der Waals surface area contributed by atoms with Crippen molar-refractivity contribution >= 4 is 16.6 Å². The monoisotopic (exact) mass is 372 g/mol. The summed E-state index contributed by atoms with van der Waals surface area (Å²) in [4.78, 5) is 0. The molecule has 5 fully saturated rings. The van der Waals surface area contributed by atoms with E-state index < -0.39 is 16.6 Å². The smallest absolute Gasteiger partial charge is 0.176 e. The molecule has 0 amide bonds. The van der Waals surface area contributed by atoms with Crippen LogP contribution in [0, 0.1) is 59.2 Å². The molecule has 0 aromatic carbocycles. The Hall–Kier alpha value is 0.134. The minimum absolute atomic E-state index is 0.970. The molecule has 3 heteroatoms. The van der Waals surface area contributed by atoms with Gasteiger partial charge in [0.2, 0.25) is 0 Å². The first-order chi connectivity index (χ1) is 11.7. The van der Waals surface area contributed by atoms with Gasteiger partial charge in [0.15, 0.2) is 16.6 Å². The third-order valence-corrected chi connectivity index (χ3v) is 16.7. The van der Waals surface area contributed by atoms with E-state index in [1.54, 1.807) is 19.3 Å². The minimum atomic E-state index is -1.55. The summed E-state index contributed by atoms with van der Waals surface area (Å²) >= 11 is 0. The molecule has 0 aromatic heterocycles. The lowest BCUT2D eigenvalue weighted by Gasteiger charge is -2.49. The van der Waals surface area contributed by atoms with E-state index in [9.17, 15) is 0 Å². The first-order valence-electron chi connectivity index (χ1n) is 11.1. The third kappa shape index (κ3) is 1.99. The van der Waals surface area contributed by atoms with Crippen LogP contribution >= 0.6 is 0 Å². The molecule has 0 aliphatic heterocycles. The number of allylic oxidation sites excluding steroid dienone is 2. The molecule has 5 saturated carbocycles. The van der Waals surface area contributed by atoms with Gasteiger partial charge in [0.25, 0.3) is 0 Å². The van der Waals surface area contributed by atoms with E-state index in [1.165, 1.54) is 6.42 Å². The van der Waals surface area contributed by atoms with Gasteiger partial charge in [-0.2, -0.15) is 0 Å². The molecule has 0 N–H and O–H groups in total. The Balaban J connectivity index is 1.30. The largest absolute Gasteiger partial charge is 0.455 e. The van der Waals surface area contributed by atoms with Crippen LogP contribution in [-0.4, -0.2) is 16.6 Å². The van der Waals surface area contributed by atoms with Gasteiger partial charge in [0, 0.05) is 0 Å². The van der Waals surface area contributed by atoms with Crippen molar-refractivity contribution in [1.29, 1.82) is 0 Å². The Bertz CT molecular complexity index is 634. The lowest BCUT2D eigenvalue weighted by atomic mass is 9.61. The van der Waals surface area contributed by atoms with Gasteiger partial charge in [-0.15, -0.1) is 0 Å². The Morgan fingerprint density at radius 1 is 0.680 bits per heavy atom. The van der Waals surface area contributed by atoms with Crippen LogP contribution in [0.1, 0.15) is 25.7 Å². The van der Waals surface area contributed by atoms with Gasteiger partial charge in [-0.05, 0) is 123 Å². The lowest BCUT2D eigenvalue weighted by molar-refractivity contribution is 0.0484. The molecule has 0 spiro atoms. The lowest BCUT2D eigenvalue weighted by Crippen LogP contribution is -2.50. The van der Waals surface area contributed by atoms with Gasteiger partial charge in [-0.25, -0.2) is 0 Å². The fraction of sp³-hybridized carbons (Fsp3) is 0.909. The van der Waals surface area contributed by atoms with E-state index in [-0.39, 0.29) is 0 Å². The van der Waals surface area contributed by atoms with Gasteiger partial charge in [-0.3, -0.25) is 0 Å². The fourth-order valence-electron chi connectivity index (χ4n) is 9.91. The molecule has 11 unspecified atom stereocenters. The second-order valence-corrected chi connectivity index (χ2v) is 21.1. The zero-order valence-electron chi connectivity index (χ0n) is 16.7. The van der Waals surface area contributed by atoms with E-state index in [1.807, 2.05) is 0 Å². The number of hydrogen-bond donors (Lipinski definition) is 0. The van der Waals surface area contributed by atoms with Crippen LogP contribution in [0.5, 0.6) is 0 Å². The molecule has 6 aliphatic rings. The van der Waals surface area contributed by atoms with E-state index >= 15 is 0 Å². The summed E-state index contributed by atoms with van der Waals surface area (Å²) in [6.45, 7) is 12.4. The molecular weight excluding hydrogens is 336 g/mol. The van der Waals surface area contributed by atoms with Crippen molar-refractivity contribution in [3.8, 4) is 0 Å². The highest BCUT2D eigenvalue weighted by molar-refractivity contribution is 6.85. The number of hydrogen-bond acceptors (Lipinski definition) is 1. The Morgan fingerprint density at radius 2 is 1.32 bits per heavy atom. The highest BCUT2D eigenvalue weighted by Crippen LogP contribution is 2.77. The van der Waals surface area contributed by atoms with Crippen LogP contribution < -0.4 is 0 Å². The second-order valence-electron chi connectivity index (χ2n) is 12.1. The standard InChI is InChI=1S/C22H36OSi2/c1-24(2,3)23-25(4,5)18-10-14-9-15(18)22-17-11-16(21(14)22)19-12-6-7-13(8-12)20(17)19/h6-7,12-22H,8-11H2,1-5H3. The minimum Gasteiger partial charge on any atom is -0.455 e. The molecule has 6 rings (SSSR count). The molecule has 25 heavy (non-hydrogen) atoms. The van der Waals surface area contributed by atoms with Gasteiger partial charge in [-0.1, -0.05) is 12.2 Å². The maximum Gasteiger partial charge on any atom is 0.176 e. The topological polar surface area (TPSA) is 9.23 Å². The third-order valence-electron chi connectivity index (χ3n) is 9.70. The zero-order chi connectivity index (χ0) is 17.3. The van der Waals surface area contributed by atoms with Gasteiger partial charge in [0.1, 0.15) is 0 Å². The van der Waals surface area contributed by atoms with Crippen molar-refractivity contribution < 1.29 is 4.12 Å². The summed E-state index contributed by atoms with van der Waals surface area (Å²) < 4.78 is 6.89. The van der Waals surface area contributed by atoms with E-state index in [2.05, 4.69) is 44.9 Å².